The Kier molecular flexibility index (Phi) is 6.43. The fourth-order valence-electron chi connectivity index (χ4n) is 3.74. The number of benzene rings is 3. The fraction of sp³-hybridized carbons (Fsp3) is 0.148. The van der Waals surface area contributed by atoms with Gasteiger partial charge in [0.05, 0.1) is 11.1 Å². The Morgan fingerprint density at radius 1 is 0.970 bits per heavy atom. The van der Waals surface area contributed by atoms with Gasteiger partial charge in [-0.3, -0.25) is 14.4 Å². The number of ketones is 1. The number of aryl methyl sites for hydroxylation is 2. The van der Waals surface area contributed by atoms with E-state index < -0.39 is 0 Å². The number of nitrogens with zero attached hydrogens (tertiary/aromatic N) is 1. The molecule has 0 atom stereocenters. The average Bonchev–Trinajstić information content (AvgIpc) is 2.82. The van der Waals surface area contributed by atoms with Gasteiger partial charge < -0.3 is 9.88 Å². The van der Waals surface area contributed by atoms with E-state index in [9.17, 15) is 14.4 Å². The second kappa shape index (κ2) is 9.43. The van der Waals surface area contributed by atoms with Crippen LogP contribution in [0.3, 0.4) is 0 Å². The zero-order chi connectivity index (χ0) is 23.5. The second-order valence-corrected chi connectivity index (χ2v) is 8.39. The summed E-state index contributed by atoms with van der Waals surface area (Å²) in [5, 5.41) is 3.80. The molecule has 3 aromatic carbocycles. The van der Waals surface area contributed by atoms with Crippen LogP contribution < -0.4 is 10.7 Å². The van der Waals surface area contributed by atoms with Crippen LogP contribution in [0, 0.1) is 6.92 Å². The average molecular weight is 459 g/mol. The quantitative estimate of drug-likeness (QED) is 0.393. The van der Waals surface area contributed by atoms with Crippen LogP contribution in [0.4, 0.5) is 5.69 Å². The minimum Gasteiger partial charge on any atom is -0.337 e. The molecule has 4 rings (SSSR count). The Hall–Kier alpha value is -3.70. The monoisotopic (exact) mass is 458 g/mol. The molecule has 0 saturated heterocycles. The zero-order valence-electron chi connectivity index (χ0n) is 18.4. The van der Waals surface area contributed by atoms with Gasteiger partial charge in [0.15, 0.2) is 5.78 Å². The van der Waals surface area contributed by atoms with Crippen LogP contribution in [0.1, 0.15) is 34.0 Å². The number of rotatable bonds is 6. The van der Waals surface area contributed by atoms with Gasteiger partial charge >= 0.3 is 0 Å². The van der Waals surface area contributed by atoms with Crippen LogP contribution in [-0.2, 0) is 17.8 Å². The molecule has 33 heavy (non-hydrogen) atoms. The lowest BCUT2D eigenvalue weighted by Gasteiger charge is -2.14. The molecule has 1 amide bonds. The minimum atomic E-state index is -0.363. The van der Waals surface area contributed by atoms with E-state index in [1.807, 2.05) is 32.0 Å². The number of amides is 1. The summed E-state index contributed by atoms with van der Waals surface area (Å²) in [6, 6.07) is 19.5. The molecule has 0 aliphatic heterocycles. The molecule has 4 aromatic rings. The summed E-state index contributed by atoms with van der Waals surface area (Å²) in [5.74, 6) is -0.647. The maximum Gasteiger partial charge on any atom is 0.244 e. The van der Waals surface area contributed by atoms with Crippen LogP contribution in [0.5, 0.6) is 0 Å². The van der Waals surface area contributed by atoms with Crippen molar-refractivity contribution in [1.29, 1.82) is 0 Å². The summed E-state index contributed by atoms with van der Waals surface area (Å²) in [6.45, 7) is 3.86. The number of anilines is 1. The molecular formula is C27H23ClN2O3. The fourth-order valence-corrected chi connectivity index (χ4v) is 3.87. The normalized spacial score (nSPS) is 10.9. The van der Waals surface area contributed by atoms with Crippen LogP contribution in [0.25, 0.3) is 10.9 Å². The van der Waals surface area contributed by atoms with E-state index in [4.69, 9.17) is 11.6 Å². The van der Waals surface area contributed by atoms with Gasteiger partial charge in [0.1, 0.15) is 6.54 Å². The maximum atomic E-state index is 13.2. The predicted octanol–water partition coefficient (Wildman–Crippen LogP) is 5.40. The number of halogens is 1. The standard InChI is InChI=1S/C27H23ClN2O3/c1-3-18-5-7-19(8-6-18)26(32)23-15-30(24-13-4-17(2)14-22(24)27(23)33)16-25(31)29-21-11-9-20(28)10-12-21/h4-15H,3,16H2,1-2H3,(H,29,31). The Labute approximate surface area is 196 Å². The number of hydrogen-bond donors (Lipinski definition) is 1. The SMILES string of the molecule is CCc1ccc(C(=O)c2cn(CC(=O)Nc3ccc(Cl)cc3)c3ccc(C)cc3c2=O)cc1. The number of carbonyl (C=O) groups is 2. The van der Waals surface area contributed by atoms with Crippen molar-refractivity contribution in [2.75, 3.05) is 5.32 Å². The molecule has 1 aromatic heterocycles. The van der Waals surface area contributed by atoms with Gasteiger partial charge in [-0.2, -0.15) is 0 Å². The Morgan fingerprint density at radius 2 is 1.67 bits per heavy atom. The van der Waals surface area contributed by atoms with Gasteiger partial charge in [-0.1, -0.05) is 54.4 Å². The number of carbonyl (C=O) groups excluding carboxylic acids is 2. The molecule has 1 N–H and O–H groups in total. The van der Waals surface area contributed by atoms with E-state index in [1.54, 1.807) is 53.1 Å². The van der Waals surface area contributed by atoms with Gasteiger partial charge in [0.25, 0.3) is 0 Å². The highest BCUT2D eigenvalue weighted by Gasteiger charge is 2.18. The van der Waals surface area contributed by atoms with Crippen molar-refractivity contribution < 1.29 is 9.59 Å². The van der Waals surface area contributed by atoms with Crippen molar-refractivity contribution in [3.05, 3.63) is 110 Å². The molecule has 166 valence electrons. The molecule has 0 fully saturated rings. The van der Waals surface area contributed by atoms with Gasteiger partial charge in [-0.25, -0.2) is 0 Å². The van der Waals surface area contributed by atoms with E-state index in [2.05, 4.69) is 5.32 Å². The largest absolute Gasteiger partial charge is 0.337 e. The minimum absolute atomic E-state index is 0.0386. The van der Waals surface area contributed by atoms with Gasteiger partial charge in [-0.05, 0) is 55.3 Å². The summed E-state index contributed by atoms with van der Waals surface area (Å²) in [4.78, 5) is 39.2. The van der Waals surface area contributed by atoms with Crippen molar-refractivity contribution in [3.8, 4) is 0 Å². The first-order valence-corrected chi connectivity index (χ1v) is 11.1. The lowest BCUT2D eigenvalue weighted by Crippen LogP contribution is -2.24. The van der Waals surface area contributed by atoms with Crippen LogP contribution in [0.2, 0.25) is 5.02 Å². The summed E-state index contributed by atoms with van der Waals surface area (Å²) in [5.41, 5.74) is 3.34. The summed E-state index contributed by atoms with van der Waals surface area (Å²) >= 11 is 5.91. The number of pyridine rings is 1. The Morgan fingerprint density at radius 3 is 2.33 bits per heavy atom. The number of aromatic nitrogens is 1. The maximum absolute atomic E-state index is 13.2. The predicted molar refractivity (Wildman–Crippen MR) is 132 cm³/mol. The molecule has 0 saturated carbocycles. The van der Waals surface area contributed by atoms with Crippen molar-refractivity contribution in [1.82, 2.24) is 4.57 Å². The molecule has 0 unspecified atom stereocenters. The van der Waals surface area contributed by atoms with Crippen molar-refractivity contribution >= 4 is 39.9 Å². The van der Waals surface area contributed by atoms with Crippen molar-refractivity contribution in [2.45, 2.75) is 26.8 Å². The topological polar surface area (TPSA) is 68.2 Å². The first kappa shape index (κ1) is 22.5. The van der Waals surface area contributed by atoms with Gasteiger partial charge in [0, 0.05) is 27.9 Å². The molecule has 0 spiro atoms. The van der Waals surface area contributed by atoms with Crippen LogP contribution >= 0.6 is 11.6 Å². The lowest BCUT2D eigenvalue weighted by molar-refractivity contribution is -0.116. The van der Waals surface area contributed by atoms with Crippen molar-refractivity contribution in [3.63, 3.8) is 0 Å². The molecule has 1 heterocycles. The third kappa shape index (κ3) is 4.89. The third-order valence-electron chi connectivity index (χ3n) is 5.55. The third-order valence-corrected chi connectivity index (χ3v) is 5.80. The van der Waals surface area contributed by atoms with Crippen molar-refractivity contribution in [2.24, 2.45) is 0 Å². The smallest absolute Gasteiger partial charge is 0.244 e. The van der Waals surface area contributed by atoms with E-state index in [-0.39, 0.29) is 29.2 Å². The van der Waals surface area contributed by atoms with E-state index in [0.29, 0.717) is 27.2 Å². The molecule has 0 radical (unpaired) electrons. The first-order valence-electron chi connectivity index (χ1n) is 10.7. The number of hydrogen-bond acceptors (Lipinski definition) is 3. The zero-order valence-corrected chi connectivity index (χ0v) is 19.1. The highest BCUT2D eigenvalue weighted by Crippen LogP contribution is 2.18. The second-order valence-electron chi connectivity index (χ2n) is 7.96. The molecular weight excluding hydrogens is 436 g/mol. The van der Waals surface area contributed by atoms with Crippen LogP contribution in [0.15, 0.2) is 77.7 Å². The summed E-state index contributed by atoms with van der Waals surface area (Å²) in [7, 11) is 0. The van der Waals surface area contributed by atoms with Crippen LogP contribution in [-0.4, -0.2) is 16.3 Å². The Balaban J connectivity index is 1.74. The summed E-state index contributed by atoms with van der Waals surface area (Å²) < 4.78 is 1.65. The highest BCUT2D eigenvalue weighted by atomic mass is 35.5. The summed E-state index contributed by atoms with van der Waals surface area (Å²) in [6.07, 6.45) is 2.34. The van der Waals surface area contributed by atoms with Gasteiger partial charge in [-0.15, -0.1) is 0 Å². The van der Waals surface area contributed by atoms with Gasteiger partial charge in [0.2, 0.25) is 11.3 Å². The van der Waals surface area contributed by atoms with E-state index in [1.165, 1.54) is 6.20 Å². The molecule has 0 aliphatic carbocycles. The van der Waals surface area contributed by atoms with E-state index >= 15 is 0 Å². The molecule has 0 bridgehead atoms. The van der Waals surface area contributed by atoms with E-state index in [0.717, 1.165) is 17.5 Å². The lowest BCUT2D eigenvalue weighted by atomic mass is 10.00. The molecule has 5 nitrogen and oxygen atoms in total. The first-order chi connectivity index (χ1) is 15.9. The molecule has 6 heteroatoms. The molecule has 0 aliphatic rings. The Bertz CT molecular complexity index is 1400. The number of fused-ring (bicyclic) bond motifs is 1. The highest BCUT2D eigenvalue weighted by molar-refractivity contribution is 6.30. The number of nitrogens with one attached hydrogen (secondary N) is 1.